The number of carbonyl (C=O) groups is 1. The van der Waals surface area contributed by atoms with E-state index in [1.807, 2.05) is 0 Å². The first-order chi connectivity index (χ1) is 23.6. The van der Waals surface area contributed by atoms with E-state index in [2.05, 4.69) is 0 Å². The average molecular weight is 746 g/mol. The number of carbonyl (C=O) groups excluding carboxylic acids is 1. The minimum absolute atomic E-state index is 0.0331. The third-order valence-corrected chi connectivity index (χ3v) is 12.3. The van der Waals surface area contributed by atoms with E-state index in [-0.39, 0.29) is 54.8 Å². The lowest BCUT2D eigenvalue weighted by molar-refractivity contribution is -0.376. The summed E-state index contributed by atoms with van der Waals surface area (Å²) in [4.78, 5) is 14.5. The van der Waals surface area contributed by atoms with Crippen LogP contribution in [0.15, 0.2) is 71.6 Å². The number of nitrogens with zero attached hydrogens (tertiary/aromatic N) is 1. The molecule has 3 aromatic rings. The van der Waals surface area contributed by atoms with Gasteiger partial charge < -0.3 is 19.5 Å². The number of hydrogen-bond acceptors (Lipinski definition) is 6. The van der Waals surface area contributed by atoms with E-state index >= 15 is 0 Å². The Balaban J connectivity index is 1.50. The van der Waals surface area contributed by atoms with Crippen LogP contribution in [0, 0.1) is 17.7 Å². The van der Waals surface area contributed by atoms with Gasteiger partial charge in [0.15, 0.2) is 9.84 Å². The molecule has 0 radical (unpaired) electrons. The summed E-state index contributed by atoms with van der Waals surface area (Å²) in [5, 5.41) is 10.1. The fourth-order valence-corrected chi connectivity index (χ4v) is 9.98. The summed E-state index contributed by atoms with van der Waals surface area (Å²) in [6.07, 6.45) is -12.3. The number of halogens is 7. The van der Waals surface area contributed by atoms with Crippen molar-refractivity contribution >= 4 is 15.9 Å². The van der Waals surface area contributed by atoms with Crippen molar-refractivity contribution < 1.29 is 58.5 Å². The van der Waals surface area contributed by atoms with Gasteiger partial charge in [0.25, 0.3) is 5.60 Å². The number of aryl methyl sites for hydroxylation is 1. The van der Waals surface area contributed by atoms with Gasteiger partial charge in [0.1, 0.15) is 21.9 Å². The van der Waals surface area contributed by atoms with Crippen LogP contribution < -0.4 is 4.74 Å². The highest BCUT2D eigenvalue weighted by atomic mass is 32.2. The molecule has 1 saturated carbocycles. The second kappa shape index (κ2) is 13.3. The number of benzene rings is 3. The van der Waals surface area contributed by atoms with Crippen molar-refractivity contribution in [2.75, 3.05) is 13.7 Å². The van der Waals surface area contributed by atoms with E-state index in [0.29, 0.717) is 17.9 Å². The first-order valence-electron chi connectivity index (χ1n) is 16.2. The molecular weight excluding hydrogens is 707 g/mol. The maximum absolute atomic E-state index is 14.5. The van der Waals surface area contributed by atoms with Gasteiger partial charge in [0.05, 0.1) is 12.0 Å². The van der Waals surface area contributed by atoms with Crippen LogP contribution in [0.3, 0.4) is 0 Å². The van der Waals surface area contributed by atoms with Crippen molar-refractivity contribution in [1.82, 2.24) is 4.90 Å². The number of sulfone groups is 1. The number of hydrogen-bond donors (Lipinski definition) is 1. The Morgan fingerprint density at radius 3 is 2.10 bits per heavy atom. The average Bonchev–Trinajstić information content (AvgIpc) is 3.72. The molecule has 15 heteroatoms. The number of aliphatic hydroxyl groups is 1. The van der Waals surface area contributed by atoms with Crippen LogP contribution >= 0.6 is 0 Å². The van der Waals surface area contributed by atoms with Crippen LogP contribution in [0.25, 0.3) is 0 Å². The van der Waals surface area contributed by atoms with E-state index in [0.717, 1.165) is 35.9 Å². The summed E-state index contributed by atoms with van der Waals surface area (Å²) in [6.45, 7) is 5.42. The zero-order chi connectivity index (χ0) is 37.8. The maximum atomic E-state index is 14.5. The fourth-order valence-electron chi connectivity index (χ4n) is 7.31. The van der Waals surface area contributed by atoms with Crippen LogP contribution in [0.4, 0.5) is 35.5 Å². The molecular formula is C36H38F7NO6S. The monoisotopic (exact) mass is 745 g/mol. The van der Waals surface area contributed by atoms with E-state index < -0.39 is 67.4 Å². The summed E-state index contributed by atoms with van der Waals surface area (Å²) in [7, 11) is -2.89. The molecule has 1 N–H and O–H groups in total. The van der Waals surface area contributed by atoms with Gasteiger partial charge in [-0.05, 0) is 111 Å². The quantitative estimate of drug-likeness (QED) is 0.166. The van der Waals surface area contributed by atoms with E-state index in [1.54, 1.807) is 45.0 Å². The molecule has 0 spiro atoms. The van der Waals surface area contributed by atoms with Crippen molar-refractivity contribution in [2.45, 2.75) is 86.2 Å². The smallest absolute Gasteiger partial charge is 0.430 e. The zero-order valence-electron chi connectivity index (χ0n) is 28.2. The molecule has 0 aromatic heterocycles. The van der Waals surface area contributed by atoms with Gasteiger partial charge in [-0.3, -0.25) is 0 Å². The van der Waals surface area contributed by atoms with Gasteiger partial charge in [-0.15, -0.1) is 0 Å². The molecule has 7 nitrogen and oxygen atoms in total. The van der Waals surface area contributed by atoms with Crippen LogP contribution in [-0.2, 0) is 37.9 Å². The van der Waals surface area contributed by atoms with Gasteiger partial charge in [-0.2, -0.15) is 26.3 Å². The Kier molecular flexibility index (Phi) is 10.00. The number of rotatable bonds is 10. The molecule has 278 valence electrons. The Morgan fingerprint density at radius 2 is 1.55 bits per heavy atom. The first-order valence-corrected chi connectivity index (χ1v) is 17.7. The fraction of sp³-hybridized carbons (Fsp3) is 0.472. The molecule has 0 bridgehead atoms. The third kappa shape index (κ3) is 6.90. The Labute approximate surface area is 291 Å². The van der Waals surface area contributed by atoms with Crippen molar-refractivity contribution in [3.8, 4) is 5.75 Å². The molecule has 2 aliphatic rings. The zero-order valence-corrected chi connectivity index (χ0v) is 29.1. The molecule has 1 amide bonds. The number of methoxy groups -OCH3 is 1. The lowest BCUT2D eigenvalue weighted by Gasteiger charge is -2.34. The van der Waals surface area contributed by atoms with Crippen LogP contribution in [0.2, 0.25) is 0 Å². The molecule has 1 fully saturated rings. The molecule has 5 rings (SSSR count). The first kappa shape index (κ1) is 38.4. The summed E-state index contributed by atoms with van der Waals surface area (Å²) in [5.74, 6) is -1.32. The number of ether oxygens (including phenoxy) is 2. The number of amides is 1. The van der Waals surface area contributed by atoms with Crippen molar-refractivity contribution in [3.63, 3.8) is 0 Å². The van der Waals surface area contributed by atoms with Crippen LogP contribution in [-0.4, -0.2) is 56.1 Å². The predicted octanol–water partition coefficient (Wildman–Crippen LogP) is 8.23. The van der Waals surface area contributed by atoms with Crippen molar-refractivity contribution in [2.24, 2.45) is 11.8 Å². The molecule has 3 atom stereocenters. The van der Waals surface area contributed by atoms with Gasteiger partial charge in [-0.1, -0.05) is 30.3 Å². The summed E-state index contributed by atoms with van der Waals surface area (Å²) < 4.78 is 134. The molecule has 3 unspecified atom stereocenters. The van der Waals surface area contributed by atoms with Crippen molar-refractivity contribution in [1.29, 1.82) is 0 Å². The van der Waals surface area contributed by atoms with Crippen LogP contribution in [0.1, 0.15) is 62.3 Å². The van der Waals surface area contributed by atoms with Crippen molar-refractivity contribution in [3.05, 3.63) is 94.8 Å². The standard InChI is InChI=1S/C36H38F7NO6S/c1-32(2,3)50-31(45)44(21-22-7-13-26(49-4)14-8-22)19-5-6-29-30-17-9-23-20-24(34(46,35(38,39)40)36(41,42)43)10-18-28(23)33(29,30)51(47,48)27-15-11-25(37)12-16-27/h7-8,10-16,18,20,29-30,46H,5-6,9,17,19,21H2,1-4H3. The van der Waals surface area contributed by atoms with E-state index in [4.69, 9.17) is 9.47 Å². The van der Waals surface area contributed by atoms with Gasteiger partial charge in [0, 0.05) is 18.7 Å². The number of fused-ring (bicyclic) bond motifs is 3. The third-order valence-electron chi connectivity index (χ3n) is 9.66. The molecule has 0 heterocycles. The van der Waals surface area contributed by atoms with Crippen LogP contribution in [0.5, 0.6) is 5.75 Å². The Bertz CT molecular complexity index is 1840. The van der Waals surface area contributed by atoms with E-state index in [1.165, 1.54) is 12.0 Å². The highest BCUT2D eigenvalue weighted by Gasteiger charge is 2.75. The maximum Gasteiger partial charge on any atom is 0.430 e. The lowest BCUT2D eigenvalue weighted by Crippen LogP contribution is -2.54. The summed E-state index contributed by atoms with van der Waals surface area (Å²) >= 11 is 0. The summed E-state index contributed by atoms with van der Waals surface area (Å²) in [5.41, 5.74) is -6.75. The number of alkyl halides is 6. The predicted molar refractivity (Wildman–Crippen MR) is 172 cm³/mol. The normalized spacial score (nSPS) is 20.6. The minimum Gasteiger partial charge on any atom is -0.497 e. The topological polar surface area (TPSA) is 93.1 Å². The highest BCUT2D eigenvalue weighted by Crippen LogP contribution is 2.71. The highest BCUT2D eigenvalue weighted by molar-refractivity contribution is 7.92. The molecule has 2 aliphatic carbocycles. The van der Waals surface area contributed by atoms with Gasteiger partial charge >= 0.3 is 18.4 Å². The van der Waals surface area contributed by atoms with E-state index in [9.17, 15) is 49.1 Å². The molecule has 0 saturated heterocycles. The SMILES string of the molecule is COc1ccc(CN(CCCC2C3CCc4cc(C(O)(C(F)(F)F)C(F)(F)F)ccc4C23S(=O)(=O)c2ccc(F)cc2)C(=O)OC(C)(C)C)cc1. The second-order valence-corrected chi connectivity index (χ2v) is 16.1. The summed E-state index contributed by atoms with van der Waals surface area (Å²) in [6, 6.07) is 13.0. The van der Waals surface area contributed by atoms with Gasteiger partial charge in [-0.25, -0.2) is 17.6 Å². The molecule has 0 aliphatic heterocycles. The second-order valence-electron chi connectivity index (χ2n) is 14.0. The van der Waals surface area contributed by atoms with Gasteiger partial charge in [0.2, 0.25) is 0 Å². The molecule has 3 aromatic carbocycles. The minimum atomic E-state index is -6.12. The molecule has 51 heavy (non-hydrogen) atoms. The largest absolute Gasteiger partial charge is 0.497 e. The Hall–Kier alpha value is -3.85. The Morgan fingerprint density at radius 1 is 0.941 bits per heavy atom. The lowest BCUT2D eigenvalue weighted by atomic mass is 9.84.